The molecule has 1 aliphatic rings. The van der Waals surface area contributed by atoms with Crippen molar-refractivity contribution in [2.24, 2.45) is 5.92 Å². The van der Waals surface area contributed by atoms with Gasteiger partial charge in [-0.1, -0.05) is 32.0 Å². The van der Waals surface area contributed by atoms with Gasteiger partial charge in [-0.15, -0.1) is 0 Å². The van der Waals surface area contributed by atoms with Crippen LogP contribution in [0.3, 0.4) is 0 Å². The Morgan fingerprint density at radius 3 is 2.45 bits per heavy atom. The molecule has 1 aromatic carbocycles. The Hall–Kier alpha value is -1.55. The lowest BCUT2D eigenvalue weighted by atomic mass is 10.1. The molecule has 0 unspecified atom stereocenters. The van der Waals surface area contributed by atoms with Crippen molar-refractivity contribution in [3.8, 4) is 0 Å². The fourth-order valence-corrected chi connectivity index (χ4v) is 2.67. The van der Waals surface area contributed by atoms with Crippen LogP contribution < -0.4 is 5.73 Å². The van der Waals surface area contributed by atoms with Gasteiger partial charge in [0.05, 0.1) is 6.42 Å². The topological polar surface area (TPSA) is 49.6 Å². The standard InChI is InChI=1S/C16H25N3O/c1-13(2)12-18-7-9-19(10-8-18)16(20)11-14-5-3-4-6-15(14)17/h3-6,13H,7-12,17H2,1-2H3. The number of carbonyl (C=O) groups is 1. The quantitative estimate of drug-likeness (QED) is 0.849. The summed E-state index contributed by atoms with van der Waals surface area (Å²) in [6.07, 6.45) is 0.414. The fourth-order valence-electron chi connectivity index (χ4n) is 2.67. The minimum atomic E-state index is 0.187. The SMILES string of the molecule is CC(C)CN1CCN(C(=O)Cc2ccccc2N)CC1. The van der Waals surface area contributed by atoms with Gasteiger partial charge in [-0.25, -0.2) is 0 Å². The van der Waals surface area contributed by atoms with Crippen LogP contribution in [-0.4, -0.2) is 48.4 Å². The second-order valence-electron chi connectivity index (χ2n) is 5.95. The monoisotopic (exact) mass is 275 g/mol. The lowest BCUT2D eigenvalue weighted by Gasteiger charge is -2.35. The summed E-state index contributed by atoms with van der Waals surface area (Å²) < 4.78 is 0. The summed E-state index contributed by atoms with van der Waals surface area (Å²) in [5.41, 5.74) is 7.54. The maximum atomic E-state index is 12.3. The number of anilines is 1. The van der Waals surface area contributed by atoms with Crippen molar-refractivity contribution in [3.63, 3.8) is 0 Å². The van der Waals surface area contributed by atoms with Crippen LogP contribution in [-0.2, 0) is 11.2 Å². The third-order valence-corrected chi connectivity index (χ3v) is 3.75. The van der Waals surface area contributed by atoms with Crippen molar-refractivity contribution in [3.05, 3.63) is 29.8 Å². The first-order chi connectivity index (χ1) is 9.56. The highest BCUT2D eigenvalue weighted by Gasteiger charge is 2.21. The number of nitrogens with two attached hydrogens (primary N) is 1. The normalized spacial score (nSPS) is 16.6. The van der Waals surface area contributed by atoms with Crippen molar-refractivity contribution in [2.75, 3.05) is 38.5 Å². The van der Waals surface area contributed by atoms with Crippen molar-refractivity contribution in [1.29, 1.82) is 0 Å². The molecular formula is C16H25N3O. The van der Waals surface area contributed by atoms with E-state index < -0.39 is 0 Å². The van der Waals surface area contributed by atoms with Crippen LogP contribution in [0.15, 0.2) is 24.3 Å². The Bertz CT molecular complexity index is 451. The van der Waals surface area contributed by atoms with Crippen molar-refractivity contribution in [1.82, 2.24) is 9.80 Å². The first-order valence-corrected chi connectivity index (χ1v) is 7.39. The largest absolute Gasteiger partial charge is 0.398 e. The summed E-state index contributed by atoms with van der Waals surface area (Å²) in [5, 5.41) is 0. The molecule has 20 heavy (non-hydrogen) atoms. The van der Waals surface area contributed by atoms with Gasteiger partial charge in [0.15, 0.2) is 0 Å². The van der Waals surface area contributed by atoms with E-state index in [-0.39, 0.29) is 5.91 Å². The molecule has 1 aliphatic heterocycles. The van der Waals surface area contributed by atoms with Crippen LogP contribution in [0.25, 0.3) is 0 Å². The first-order valence-electron chi connectivity index (χ1n) is 7.39. The number of hydrogen-bond acceptors (Lipinski definition) is 3. The Balaban J connectivity index is 1.85. The van der Waals surface area contributed by atoms with E-state index in [1.807, 2.05) is 29.2 Å². The summed E-state index contributed by atoms with van der Waals surface area (Å²) >= 11 is 0. The molecule has 0 saturated carbocycles. The number of nitrogen functional groups attached to an aromatic ring is 1. The Morgan fingerprint density at radius 2 is 1.85 bits per heavy atom. The van der Waals surface area contributed by atoms with Gasteiger partial charge in [-0.05, 0) is 17.5 Å². The van der Waals surface area contributed by atoms with Crippen molar-refractivity contribution in [2.45, 2.75) is 20.3 Å². The molecule has 2 N–H and O–H groups in total. The number of rotatable bonds is 4. The van der Waals surface area contributed by atoms with Gasteiger partial charge in [-0.3, -0.25) is 9.69 Å². The molecule has 1 heterocycles. The molecule has 1 amide bonds. The molecule has 2 rings (SSSR count). The number of benzene rings is 1. The molecule has 4 nitrogen and oxygen atoms in total. The van der Waals surface area contributed by atoms with E-state index in [4.69, 9.17) is 5.73 Å². The van der Waals surface area contributed by atoms with E-state index in [9.17, 15) is 4.79 Å². The molecule has 1 aromatic rings. The van der Waals surface area contributed by atoms with Gasteiger partial charge in [-0.2, -0.15) is 0 Å². The van der Waals surface area contributed by atoms with Gasteiger partial charge < -0.3 is 10.6 Å². The zero-order chi connectivity index (χ0) is 14.5. The molecule has 0 radical (unpaired) electrons. The summed E-state index contributed by atoms with van der Waals surface area (Å²) in [6, 6.07) is 7.61. The molecule has 4 heteroatoms. The summed E-state index contributed by atoms with van der Waals surface area (Å²) in [4.78, 5) is 16.7. The van der Waals surface area contributed by atoms with Gasteiger partial charge in [0, 0.05) is 38.4 Å². The highest BCUT2D eigenvalue weighted by atomic mass is 16.2. The Kier molecular flexibility index (Phi) is 5.01. The van der Waals surface area contributed by atoms with Crippen LogP contribution >= 0.6 is 0 Å². The Labute approximate surface area is 121 Å². The maximum absolute atomic E-state index is 12.3. The molecule has 1 saturated heterocycles. The third-order valence-electron chi connectivity index (χ3n) is 3.75. The molecule has 0 bridgehead atoms. The van der Waals surface area contributed by atoms with E-state index in [1.165, 1.54) is 0 Å². The van der Waals surface area contributed by atoms with Gasteiger partial charge in [0.25, 0.3) is 0 Å². The molecule has 0 aliphatic carbocycles. The second kappa shape index (κ2) is 6.75. The predicted octanol–water partition coefficient (Wildman–Crippen LogP) is 1.61. The van der Waals surface area contributed by atoms with E-state index in [1.54, 1.807) is 0 Å². The van der Waals surface area contributed by atoms with Gasteiger partial charge >= 0.3 is 0 Å². The smallest absolute Gasteiger partial charge is 0.227 e. The molecule has 0 spiro atoms. The van der Waals surface area contributed by atoms with Crippen LogP contribution in [0.4, 0.5) is 5.69 Å². The van der Waals surface area contributed by atoms with E-state index >= 15 is 0 Å². The second-order valence-corrected chi connectivity index (χ2v) is 5.95. The van der Waals surface area contributed by atoms with Crippen LogP contribution in [0.2, 0.25) is 0 Å². The van der Waals surface area contributed by atoms with Gasteiger partial charge in [0.2, 0.25) is 5.91 Å². The molecule has 1 fully saturated rings. The molecule has 0 atom stereocenters. The average molecular weight is 275 g/mol. The summed E-state index contributed by atoms with van der Waals surface area (Å²) in [7, 11) is 0. The number of para-hydroxylation sites is 1. The highest BCUT2D eigenvalue weighted by Crippen LogP contribution is 2.13. The van der Waals surface area contributed by atoms with Crippen LogP contribution in [0.1, 0.15) is 19.4 Å². The zero-order valence-corrected chi connectivity index (χ0v) is 12.5. The number of amides is 1. The summed E-state index contributed by atoms with van der Waals surface area (Å²) in [5.74, 6) is 0.869. The lowest BCUT2D eigenvalue weighted by molar-refractivity contribution is -0.132. The molecular weight excluding hydrogens is 250 g/mol. The lowest BCUT2D eigenvalue weighted by Crippen LogP contribution is -2.49. The first kappa shape index (κ1) is 14.9. The van der Waals surface area contributed by atoms with E-state index in [2.05, 4.69) is 18.7 Å². The maximum Gasteiger partial charge on any atom is 0.227 e. The number of nitrogens with zero attached hydrogens (tertiary/aromatic N) is 2. The van der Waals surface area contributed by atoms with Crippen LogP contribution in [0.5, 0.6) is 0 Å². The van der Waals surface area contributed by atoms with Crippen molar-refractivity contribution >= 4 is 11.6 Å². The fraction of sp³-hybridized carbons (Fsp3) is 0.562. The van der Waals surface area contributed by atoms with E-state index in [0.717, 1.165) is 38.3 Å². The zero-order valence-electron chi connectivity index (χ0n) is 12.5. The third kappa shape index (κ3) is 3.97. The molecule has 110 valence electrons. The molecule has 0 aromatic heterocycles. The number of piperazine rings is 1. The number of carbonyl (C=O) groups excluding carboxylic acids is 1. The number of hydrogen-bond donors (Lipinski definition) is 1. The highest BCUT2D eigenvalue weighted by molar-refractivity contribution is 5.80. The van der Waals surface area contributed by atoms with Crippen LogP contribution in [0, 0.1) is 5.92 Å². The van der Waals surface area contributed by atoms with Gasteiger partial charge in [0.1, 0.15) is 0 Å². The minimum absolute atomic E-state index is 0.187. The van der Waals surface area contributed by atoms with Crippen molar-refractivity contribution < 1.29 is 4.79 Å². The predicted molar refractivity (Wildman–Crippen MR) is 82.4 cm³/mol. The Morgan fingerprint density at radius 1 is 1.20 bits per heavy atom. The van der Waals surface area contributed by atoms with E-state index in [0.29, 0.717) is 18.0 Å². The summed E-state index contributed by atoms with van der Waals surface area (Å²) in [6.45, 7) is 9.21. The minimum Gasteiger partial charge on any atom is -0.398 e. The average Bonchev–Trinajstić information content (AvgIpc) is 2.41.